The van der Waals surface area contributed by atoms with Crippen LogP contribution in [0.4, 0.5) is 0 Å². The van der Waals surface area contributed by atoms with Crippen LogP contribution in [-0.2, 0) is 18.1 Å². The number of hydrogen-bond donors (Lipinski definition) is 0. The Hall–Kier alpha value is -0.800. The van der Waals surface area contributed by atoms with Crippen molar-refractivity contribution in [3.05, 3.63) is 41.4 Å². The second-order valence-electron chi connectivity index (χ2n) is 2.74. The fraction of sp³-hybridized carbons (Fsp3) is 0.200. The van der Waals surface area contributed by atoms with Crippen LogP contribution in [0.1, 0.15) is 5.56 Å². The molecule has 0 saturated heterocycles. The molecular weight excluding hydrogens is 251 g/mol. The SMILES string of the molecule is COP(=O)(OC)OC(=CCl)c1ccccc1. The molecule has 1 aromatic rings. The van der Waals surface area contributed by atoms with E-state index in [9.17, 15) is 4.57 Å². The van der Waals surface area contributed by atoms with Crippen molar-refractivity contribution in [2.45, 2.75) is 0 Å². The monoisotopic (exact) mass is 262 g/mol. The summed E-state index contributed by atoms with van der Waals surface area (Å²) in [6.45, 7) is 0. The lowest BCUT2D eigenvalue weighted by atomic mass is 10.2. The quantitative estimate of drug-likeness (QED) is 0.600. The molecule has 88 valence electrons. The van der Waals surface area contributed by atoms with Gasteiger partial charge in [0.05, 0.1) is 0 Å². The van der Waals surface area contributed by atoms with Crippen LogP contribution < -0.4 is 0 Å². The number of phosphoric ester groups is 1. The molecule has 0 aliphatic carbocycles. The van der Waals surface area contributed by atoms with Gasteiger partial charge in [0, 0.05) is 25.3 Å². The van der Waals surface area contributed by atoms with Gasteiger partial charge in [-0.2, -0.15) is 0 Å². The summed E-state index contributed by atoms with van der Waals surface area (Å²) in [4.78, 5) is 0. The van der Waals surface area contributed by atoms with Gasteiger partial charge >= 0.3 is 7.82 Å². The molecule has 0 N–H and O–H groups in total. The van der Waals surface area contributed by atoms with Gasteiger partial charge in [0.2, 0.25) is 0 Å². The highest BCUT2D eigenvalue weighted by Gasteiger charge is 2.26. The predicted octanol–water partition coefficient (Wildman–Crippen LogP) is 3.64. The second kappa shape index (κ2) is 6.06. The standard InChI is InChI=1S/C10H12ClO4P/c1-13-16(12,14-2)15-10(8-11)9-6-4-3-5-7-9/h3-8H,1-2H3. The molecule has 1 aromatic carbocycles. The van der Waals surface area contributed by atoms with E-state index < -0.39 is 7.82 Å². The Labute approximate surface area is 99.4 Å². The van der Waals surface area contributed by atoms with Crippen molar-refractivity contribution in [1.29, 1.82) is 0 Å². The van der Waals surface area contributed by atoms with Crippen molar-refractivity contribution >= 4 is 25.2 Å². The summed E-state index contributed by atoms with van der Waals surface area (Å²) in [7, 11) is -1.10. The van der Waals surface area contributed by atoms with E-state index in [4.69, 9.17) is 16.1 Å². The Kier molecular flexibility index (Phi) is 5.03. The first-order chi connectivity index (χ1) is 7.65. The molecule has 0 saturated carbocycles. The molecule has 0 unspecified atom stereocenters. The zero-order valence-corrected chi connectivity index (χ0v) is 10.6. The highest BCUT2D eigenvalue weighted by molar-refractivity contribution is 7.48. The van der Waals surface area contributed by atoms with E-state index in [0.717, 1.165) is 0 Å². The van der Waals surface area contributed by atoms with E-state index in [2.05, 4.69) is 9.05 Å². The zero-order valence-electron chi connectivity index (χ0n) is 8.92. The Morgan fingerprint density at radius 1 is 1.25 bits per heavy atom. The van der Waals surface area contributed by atoms with Crippen molar-refractivity contribution in [3.8, 4) is 0 Å². The third kappa shape index (κ3) is 3.35. The van der Waals surface area contributed by atoms with Gasteiger partial charge < -0.3 is 4.52 Å². The van der Waals surface area contributed by atoms with Gasteiger partial charge in [-0.3, -0.25) is 9.05 Å². The van der Waals surface area contributed by atoms with E-state index >= 15 is 0 Å². The maximum atomic E-state index is 11.7. The molecule has 6 heteroatoms. The Bertz CT molecular complexity index is 397. The molecule has 4 nitrogen and oxygen atoms in total. The summed E-state index contributed by atoms with van der Waals surface area (Å²) >= 11 is 5.60. The Balaban J connectivity index is 2.91. The van der Waals surface area contributed by atoms with Gasteiger partial charge in [-0.25, -0.2) is 4.57 Å². The van der Waals surface area contributed by atoms with Gasteiger partial charge in [0.15, 0.2) is 0 Å². The zero-order chi connectivity index (χ0) is 12.0. The van der Waals surface area contributed by atoms with Gasteiger partial charge in [-0.15, -0.1) is 0 Å². The third-order valence-corrected chi connectivity index (χ3v) is 3.33. The van der Waals surface area contributed by atoms with Crippen LogP contribution in [0.5, 0.6) is 0 Å². The van der Waals surface area contributed by atoms with E-state index in [-0.39, 0.29) is 5.76 Å². The number of benzene rings is 1. The minimum absolute atomic E-state index is 0.231. The number of phosphoric acid groups is 1. The molecule has 0 radical (unpaired) electrons. The molecule has 0 heterocycles. The Morgan fingerprint density at radius 3 is 2.25 bits per heavy atom. The van der Waals surface area contributed by atoms with Crippen LogP contribution >= 0.6 is 19.4 Å². The van der Waals surface area contributed by atoms with Crippen molar-refractivity contribution in [1.82, 2.24) is 0 Å². The van der Waals surface area contributed by atoms with E-state index in [1.54, 1.807) is 12.1 Å². The van der Waals surface area contributed by atoms with Gasteiger partial charge in [0.25, 0.3) is 0 Å². The molecule has 0 amide bonds. The molecule has 0 fully saturated rings. The van der Waals surface area contributed by atoms with E-state index in [1.807, 2.05) is 18.2 Å². The van der Waals surface area contributed by atoms with Crippen LogP contribution in [0.25, 0.3) is 5.76 Å². The summed E-state index contributed by atoms with van der Waals surface area (Å²) in [6, 6.07) is 9.00. The molecule has 0 bridgehead atoms. The van der Waals surface area contributed by atoms with Crippen LogP contribution in [0.2, 0.25) is 0 Å². The number of rotatable bonds is 5. The average Bonchev–Trinajstić information content (AvgIpc) is 2.36. The fourth-order valence-corrected chi connectivity index (χ4v) is 1.94. The smallest absolute Gasteiger partial charge is 0.402 e. The minimum Gasteiger partial charge on any atom is -0.402 e. The van der Waals surface area contributed by atoms with Crippen molar-refractivity contribution in [2.24, 2.45) is 0 Å². The minimum atomic E-state index is -3.57. The molecule has 0 atom stereocenters. The average molecular weight is 263 g/mol. The second-order valence-corrected chi connectivity index (χ2v) is 4.77. The van der Waals surface area contributed by atoms with Crippen LogP contribution in [0.15, 0.2) is 35.9 Å². The highest BCUT2D eigenvalue weighted by Crippen LogP contribution is 2.51. The van der Waals surface area contributed by atoms with Gasteiger partial charge in [0.1, 0.15) is 5.76 Å². The normalized spacial score (nSPS) is 12.6. The first kappa shape index (κ1) is 13.3. The molecule has 1 rings (SSSR count). The van der Waals surface area contributed by atoms with Crippen molar-refractivity contribution in [3.63, 3.8) is 0 Å². The fourth-order valence-electron chi connectivity index (χ4n) is 1.01. The van der Waals surface area contributed by atoms with Crippen LogP contribution in [0.3, 0.4) is 0 Å². The lowest BCUT2D eigenvalue weighted by Crippen LogP contribution is -1.95. The summed E-state index contributed by atoms with van der Waals surface area (Å²) in [5, 5.41) is 0. The van der Waals surface area contributed by atoms with Crippen molar-refractivity contribution < 1.29 is 18.1 Å². The summed E-state index contributed by atoms with van der Waals surface area (Å²) < 4.78 is 26.1. The molecule has 0 aliphatic rings. The van der Waals surface area contributed by atoms with Gasteiger partial charge in [-0.1, -0.05) is 41.9 Å². The molecule has 0 aliphatic heterocycles. The van der Waals surface area contributed by atoms with Crippen LogP contribution in [0, 0.1) is 0 Å². The molecule has 0 aromatic heterocycles. The molecule has 16 heavy (non-hydrogen) atoms. The van der Waals surface area contributed by atoms with Crippen LogP contribution in [-0.4, -0.2) is 14.2 Å². The van der Waals surface area contributed by atoms with Crippen molar-refractivity contribution in [2.75, 3.05) is 14.2 Å². The van der Waals surface area contributed by atoms with E-state index in [1.165, 1.54) is 19.8 Å². The molecule has 0 spiro atoms. The lowest BCUT2D eigenvalue weighted by Gasteiger charge is -2.16. The summed E-state index contributed by atoms with van der Waals surface area (Å²) in [6.07, 6.45) is 0. The summed E-state index contributed by atoms with van der Waals surface area (Å²) in [5.74, 6) is 0.231. The summed E-state index contributed by atoms with van der Waals surface area (Å²) in [5.41, 5.74) is 1.87. The molecular formula is C10H12ClO4P. The van der Waals surface area contributed by atoms with Gasteiger partial charge in [-0.05, 0) is 0 Å². The Morgan fingerprint density at radius 2 is 1.81 bits per heavy atom. The largest absolute Gasteiger partial charge is 0.529 e. The first-order valence-electron chi connectivity index (χ1n) is 4.42. The predicted molar refractivity (Wildman–Crippen MR) is 63.0 cm³/mol. The van der Waals surface area contributed by atoms with E-state index in [0.29, 0.717) is 5.56 Å². The first-order valence-corrected chi connectivity index (χ1v) is 6.32. The third-order valence-electron chi connectivity index (χ3n) is 1.81. The topological polar surface area (TPSA) is 44.8 Å². The number of halogens is 1. The highest BCUT2D eigenvalue weighted by atomic mass is 35.5. The maximum absolute atomic E-state index is 11.7. The lowest BCUT2D eigenvalue weighted by molar-refractivity contribution is 0.201. The number of hydrogen-bond acceptors (Lipinski definition) is 4. The maximum Gasteiger partial charge on any atom is 0.529 e.